The van der Waals surface area contributed by atoms with Crippen molar-refractivity contribution in [2.75, 3.05) is 19.3 Å². The van der Waals surface area contributed by atoms with Crippen molar-refractivity contribution in [1.82, 2.24) is 9.80 Å². The molecule has 0 aromatic heterocycles. The third-order valence-corrected chi connectivity index (χ3v) is 8.34. The lowest BCUT2D eigenvalue weighted by Gasteiger charge is -2.35. The van der Waals surface area contributed by atoms with Crippen molar-refractivity contribution >= 4 is 39.1 Å². The molecule has 1 fully saturated rings. The van der Waals surface area contributed by atoms with E-state index in [-0.39, 0.29) is 16.7 Å². The van der Waals surface area contributed by atoms with Gasteiger partial charge in [0.2, 0.25) is 0 Å². The highest BCUT2D eigenvalue weighted by Crippen LogP contribution is 2.44. The van der Waals surface area contributed by atoms with Crippen LogP contribution in [0.5, 0.6) is 0 Å². The second kappa shape index (κ2) is 10.3. The molecule has 0 N–H and O–H groups in total. The first-order chi connectivity index (χ1) is 18.1. The van der Waals surface area contributed by atoms with Gasteiger partial charge in [-0.25, -0.2) is 13.2 Å². The number of benzene rings is 3. The number of carbonyl (C=O) groups is 2. The Morgan fingerprint density at radius 2 is 1.63 bits per heavy atom. The molecule has 2 atom stereocenters. The van der Waals surface area contributed by atoms with Crippen LogP contribution in [0.25, 0.3) is 0 Å². The molecule has 5 rings (SSSR count). The summed E-state index contributed by atoms with van der Waals surface area (Å²) in [5.74, 6) is 0.636. The molecule has 0 saturated carbocycles. The molecule has 0 aliphatic carbocycles. The van der Waals surface area contributed by atoms with Crippen LogP contribution in [0, 0.1) is 6.92 Å². The lowest BCUT2D eigenvalue weighted by atomic mass is 9.93. The maximum Gasteiger partial charge on any atom is 0.326 e. The summed E-state index contributed by atoms with van der Waals surface area (Å²) in [7, 11) is -3.37. The quantitative estimate of drug-likeness (QED) is 0.437. The van der Waals surface area contributed by atoms with Crippen molar-refractivity contribution in [2.45, 2.75) is 36.7 Å². The fraction of sp³-hybridized carbons (Fsp3) is 0.276. The number of amidine groups is 1. The molecule has 0 radical (unpaired) electrons. The smallest absolute Gasteiger partial charge is 0.323 e. The first kappa shape index (κ1) is 26.1. The number of sulfone groups is 1. The number of urea groups is 1. The predicted molar refractivity (Wildman–Crippen MR) is 147 cm³/mol. The van der Waals surface area contributed by atoms with Crippen LogP contribution in [-0.4, -0.2) is 55.2 Å². The zero-order valence-corrected chi connectivity index (χ0v) is 22.7. The van der Waals surface area contributed by atoms with E-state index < -0.39 is 21.9 Å². The normalized spacial score (nSPS) is 20.0. The van der Waals surface area contributed by atoms with E-state index in [0.29, 0.717) is 42.4 Å². The van der Waals surface area contributed by atoms with Gasteiger partial charge in [-0.15, -0.1) is 0 Å². The fourth-order valence-electron chi connectivity index (χ4n) is 5.04. The molecular weight excluding hydrogens is 522 g/mol. The van der Waals surface area contributed by atoms with E-state index >= 15 is 0 Å². The topological polar surface area (TPSA) is 87.1 Å². The van der Waals surface area contributed by atoms with E-state index in [2.05, 4.69) is 0 Å². The van der Waals surface area contributed by atoms with E-state index in [9.17, 15) is 18.0 Å². The molecule has 2 heterocycles. The molecule has 0 bridgehead atoms. The molecule has 7 nitrogen and oxygen atoms in total. The molecule has 1 saturated heterocycles. The maximum atomic E-state index is 14.2. The summed E-state index contributed by atoms with van der Waals surface area (Å²) in [5.41, 5.74) is 3.43. The third kappa shape index (κ3) is 5.24. The average Bonchev–Trinajstić information content (AvgIpc) is 3.29. The molecule has 9 heteroatoms. The predicted octanol–water partition coefficient (Wildman–Crippen LogP) is 5.38. The summed E-state index contributed by atoms with van der Waals surface area (Å²) in [4.78, 5) is 34.8. The van der Waals surface area contributed by atoms with Crippen LogP contribution < -0.4 is 0 Å². The van der Waals surface area contributed by atoms with Crippen molar-refractivity contribution in [3.8, 4) is 0 Å². The number of Topliss-reactive ketones (excluding diaryl/α,β-unsaturated/α-hetero) is 1. The number of likely N-dealkylation sites (tertiary alicyclic amines) is 1. The average molecular weight is 550 g/mol. The Morgan fingerprint density at radius 3 is 2.26 bits per heavy atom. The van der Waals surface area contributed by atoms with Crippen LogP contribution in [0.2, 0.25) is 5.02 Å². The number of ketones is 1. The van der Waals surface area contributed by atoms with Crippen LogP contribution in [0.3, 0.4) is 0 Å². The summed E-state index contributed by atoms with van der Waals surface area (Å²) < 4.78 is 24.1. The second-order valence-electron chi connectivity index (χ2n) is 9.79. The molecule has 2 amide bonds. The molecule has 3 aromatic carbocycles. The van der Waals surface area contributed by atoms with E-state index in [1.807, 2.05) is 43.3 Å². The lowest BCUT2D eigenvalue weighted by molar-refractivity contribution is -0.120. The first-order valence-electron chi connectivity index (χ1n) is 12.4. The van der Waals surface area contributed by atoms with E-state index in [1.54, 1.807) is 46.2 Å². The van der Waals surface area contributed by atoms with Crippen molar-refractivity contribution in [3.05, 3.63) is 100 Å². The highest BCUT2D eigenvalue weighted by molar-refractivity contribution is 7.90. The zero-order chi connectivity index (χ0) is 27.0. The number of aliphatic imine (C=N–C) groups is 1. The number of nitrogens with zero attached hydrogens (tertiary/aromatic N) is 3. The summed E-state index contributed by atoms with van der Waals surface area (Å²) in [6.45, 7) is 2.70. The number of hydrogen-bond donors (Lipinski definition) is 0. The van der Waals surface area contributed by atoms with Gasteiger partial charge in [0.15, 0.2) is 9.84 Å². The van der Waals surface area contributed by atoms with Gasteiger partial charge < -0.3 is 4.90 Å². The van der Waals surface area contributed by atoms with Crippen LogP contribution in [0.4, 0.5) is 4.79 Å². The fourth-order valence-corrected chi connectivity index (χ4v) is 5.86. The summed E-state index contributed by atoms with van der Waals surface area (Å²) >= 11 is 6.34. The minimum atomic E-state index is -3.37. The first-order valence-corrected chi connectivity index (χ1v) is 14.7. The standard InChI is InChI=1S/C29H28ClN3O4S/c1-19-5-3-6-21(17-19)27-26(20-9-11-25(12-10-20)38(2,36)37)31-28(22-7-4-8-23(30)18-22)33(27)29(35)32-15-13-24(34)14-16-32/h3-12,17-18,26-27H,13-16H2,1-2H3. The summed E-state index contributed by atoms with van der Waals surface area (Å²) in [5, 5.41) is 0.522. The van der Waals surface area contributed by atoms with Gasteiger partial charge in [0, 0.05) is 42.8 Å². The maximum absolute atomic E-state index is 14.2. The number of halogens is 1. The summed E-state index contributed by atoms with van der Waals surface area (Å²) in [6, 6.07) is 20.7. The molecule has 2 aliphatic heterocycles. The van der Waals surface area contributed by atoms with Crippen LogP contribution in [0.15, 0.2) is 82.7 Å². The highest BCUT2D eigenvalue weighted by Gasteiger charge is 2.44. The number of piperidine rings is 1. The number of rotatable bonds is 4. The van der Waals surface area contributed by atoms with Gasteiger partial charge in [-0.3, -0.25) is 14.7 Å². The molecule has 0 spiro atoms. The van der Waals surface area contributed by atoms with E-state index in [0.717, 1.165) is 16.7 Å². The van der Waals surface area contributed by atoms with Gasteiger partial charge in [0.05, 0.1) is 10.9 Å². The van der Waals surface area contributed by atoms with Gasteiger partial charge in [-0.05, 0) is 42.3 Å². The monoisotopic (exact) mass is 549 g/mol. The van der Waals surface area contributed by atoms with Crippen molar-refractivity contribution < 1.29 is 18.0 Å². The number of aryl methyl sites for hydroxylation is 1. The third-order valence-electron chi connectivity index (χ3n) is 6.98. The minimum Gasteiger partial charge on any atom is -0.323 e. The number of amides is 2. The van der Waals surface area contributed by atoms with E-state index in [4.69, 9.17) is 16.6 Å². The molecular formula is C29H28ClN3O4S. The lowest BCUT2D eigenvalue weighted by Crippen LogP contribution is -2.49. The van der Waals surface area contributed by atoms with Gasteiger partial charge >= 0.3 is 6.03 Å². The SMILES string of the molecule is Cc1cccc(C2C(c3ccc(S(C)(=O)=O)cc3)N=C(c3cccc(Cl)c3)N2C(=O)N2CCC(=O)CC2)c1. The molecule has 196 valence electrons. The molecule has 3 aromatic rings. The van der Waals surface area contributed by atoms with Crippen molar-refractivity contribution in [2.24, 2.45) is 4.99 Å². The number of carbonyl (C=O) groups excluding carboxylic acids is 2. The Morgan fingerprint density at radius 1 is 0.947 bits per heavy atom. The zero-order valence-electron chi connectivity index (χ0n) is 21.2. The Kier molecular flexibility index (Phi) is 7.11. The van der Waals surface area contributed by atoms with Crippen molar-refractivity contribution in [1.29, 1.82) is 0 Å². The minimum absolute atomic E-state index is 0.151. The Labute approximate surface area is 227 Å². The summed E-state index contributed by atoms with van der Waals surface area (Å²) in [6.07, 6.45) is 1.83. The van der Waals surface area contributed by atoms with Gasteiger partial charge in [-0.2, -0.15) is 0 Å². The Hall–Kier alpha value is -3.49. The van der Waals surface area contributed by atoms with E-state index in [1.165, 1.54) is 6.26 Å². The Balaban J connectivity index is 1.66. The molecule has 2 aliphatic rings. The van der Waals surface area contributed by atoms with Crippen LogP contribution >= 0.6 is 11.6 Å². The van der Waals surface area contributed by atoms with Gasteiger partial charge in [0.25, 0.3) is 0 Å². The van der Waals surface area contributed by atoms with Crippen molar-refractivity contribution in [3.63, 3.8) is 0 Å². The van der Waals surface area contributed by atoms with Crippen LogP contribution in [0.1, 0.15) is 47.2 Å². The Bertz CT molecular complexity index is 1530. The van der Waals surface area contributed by atoms with Gasteiger partial charge in [-0.1, -0.05) is 65.7 Å². The largest absolute Gasteiger partial charge is 0.326 e. The second-order valence-corrected chi connectivity index (χ2v) is 12.2. The molecule has 2 unspecified atom stereocenters. The molecule has 38 heavy (non-hydrogen) atoms. The van der Waals surface area contributed by atoms with Crippen LogP contribution in [-0.2, 0) is 14.6 Å². The number of hydrogen-bond acceptors (Lipinski definition) is 5. The highest BCUT2D eigenvalue weighted by atomic mass is 35.5. The van der Waals surface area contributed by atoms with Gasteiger partial charge in [0.1, 0.15) is 17.7 Å².